The van der Waals surface area contributed by atoms with Gasteiger partial charge in [0.25, 0.3) is 0 Å². The van der Waals surface area contributed by atoms with Crippen LogP contribution in [-0.4, -0.2) is 17.6 Å². The molecule has 0 aliphatic heterocycles. The van der Waals surface area contributed by atoms with E-state index in [-0.39, 0.29) is 12.4 Å². The van der Waals surface area contributed by atoms with Gasteiger partial charge >= 0.3 is 5.97 Å². The van der Waals surface area contributed by atoms with Crippen molar-refractivity contribution in [1.29, 1.82) is 0 Å². The van der Waals surface area contributed by atoms with Gasteiger partial charge in [-0.3, -0.25) is 4.79 Å². The quantitative estimate of drug-likeness (QED) is 0.793. The second-order valence-corrected chi connectivity index (χ2v) is 5.15. The van der Waals surface area contributed by atoms with Crippen molar-refractivity contribution in [2.75, 3.05) is 6.61 Å². The van der Waals surface area contributed by atoms with Gasteiger partial charge in [-0.1, -0.05) is 30.3 Å². The molecule has 0 amide bonds. The Morgan fingerprint density at radius 1 is 1.33 bits per heavy atom. The van der Waals surface area contributed by atoms with Crippen LogP contribution >= 0.6 is 11.3 Å². The van der Waals surface area contributed by atoms with Crippen molar-refractivity contribution in [2.45, 2.75) is 20.3 Å². The summed E-state index contributed by atoms with van der Waals surface area (Å²) in [5, 5.41) is 0.810. The number of carbonyl (C=O) groups is 1. The van der Waals surface area contributed by atoms with E-state index in [4.69, 9.17) is 4.74 Å². The maximum absolute atomic E-state index is 11.4. The number of ether oxygens (including phenoxy) is 1. The molecule has 0 atom stereocenters. The zero-order chi connectivity index (χ0) is 13.0. The number of esters is 1. The number of aromatic nitrogens is 1. The highest BCUT2D eigenvalue weighted by molar-refractivity contribution is 7.12. The smallest absolute Gasteiger partial charge is 0.312 e. The Balaban J connectivity index is 2.20. The number of benzene rings is 1. The van der Waals surface area contributed by atoms with Gasteiger partial charge in [0.05, 0.1) is 18.7 Å². The Morgan fingerprint density at radius 2 is 2.06 bits per heavy atom. The van der Waals surface area contributed by atoms with Gasteiger partial charge in [-0.2, -0.15) is 0 Å². The number of nitrogens with zero attached hydrogens (tertiary/aromatic N) is 1. The molecule has 0 aliphatic rings. The highest BCUT2D eigenvalue weighted by Gasteiger charge is 2.12. The van der Waals surface area contributed by atoms with Crippen molar-refractivity contribution in [3.63, 3.8) is 0 Å². The maximum Gasteiger partial charge on any atom is 0.312 e. The lowest BCUT2D eigenvalue weighted by Crippen LogP contribution is -2.07. The van der Waals surface area contributed by atoms with Gasteiger partial charge in [-0.15, -0.1) is 11.3 Å². The van der Waals surface area contributed by atoms with Crippen molar-refractivity contribution in [3.8, 4) is 11.3 Å². The van der Waals surface area contributed by atoms with Gasteiger partial charge < -0.3 is 4.74 Å². The summed E-state index contributed by atoms with van der Waals surface area (Å²) in [4.78, 5) is 17.1. The van der Waals surface area contributed by atoms with Crippen LogP contribution in [0.4, 0.5) is 0 Å². The van der Waals surface area contributed by atoms with Gasteiger partial charge in [0.15, 0.2) is 0 Å². The van der Waals surface area contributed by atoms with E-state index in [0.717, 1.165) is 21.1 Å². The van der Waals surface area contributed by atoms with E-state index in [9.17, 15) is 4.79 Å². The Labute approximate surface area is 110 Å². The van der Waals surface area contributed by atoms with E-state index >= 15 is 0 Å². The molecule has 0 bridgehead atoms. The Morgan fingerprint density at radius 3 is 2.72 bits per heavy atom. The first-order valence-corrected chi connectivity index (χ1v) is 6.69. The summed E-state index contributed by atoms with van der Waals surface area (Å²) < 4.78 is 4.93. The van der Waals surface area contributed by atoms with Crippen molar-refractivity contribution in [3.05, 3.63) is 40.2 Å². The molecule has 2 aromatic rings. The average molecular weight is 261 g/mol. The lowest BCUT2D eigenvalue weighted by atomic mass is 10.1. The second kappa shape index (κ2) is 5.78. The van der Waals surface area contributed by atoms with E-state index in [1.165, 1.54) is 0 Å². The monoisotopic (exact) mass is 261 g/mol. The highest BCUT2D eigenvalue weighted by atomic mass is 32.1. The van der Waals surface area contributed by atoms with Crippen LogP contribution in [0.2, 0.25) is 0 Å². The molecule has 0 saturated heterocycles. The number of rotatable bonds is 4. The summed E-state index contributed by atoms with van der Waals surface area (Å²) in [5.74, 6) is -0.217. The summed E-state index contributed by atoms with van der Waals surface area (Å²) in [7, 11) is 0. The van der Waals surface area contributed by atoms with Crippen LogP contribution < -0.4 is 0 Å². The first-order chi connectivity index (χ1) is 8.70. The number of hydrogen-bond donors (Lipinski definition) is 0. The average Bonchev–Trinajstić information content (AvgIpc) is 2.71. The standard InChI is InChI=1S/C14H15NO2S/c1-3-17-13(16)9-12-15-14(10(2)18-12)11-7-5-4-6-8-11/h4-8H,3,9H2,1-2H3. The summed E-state index contributed by atoms with van der Waals surface area (Å²) in [6.45, 7) is 4.24. The molecule has 4 heteroatoms. The summed E-state index contributed by atoms with van der Waals surface area (Å²) in [6.07, 6.45) is 0.256. The summed E-state index contributed by atoms with van der Waals surface area (Å²) in [6, 6.07) is 10.00. The number of hydrogen-bond acceptors (Lipinski definition) is 4. The number of carbonyl (C=O) groups excluding carboxylic acids is 1. The molecule has 2 rings (SSSR count). The van der Waals surface area contributed by atoms with Crippen molar-refractivity contribution < 1.29 is 9.53 Å². The summed E-state index contributed by atoms with van der Waals surface area (Å²) >= 11 is 1.55. The molecule has 0 spiro atoms. The van der Waals surface area contributed by atoms with Gasteiger partial charge in [0, 0.05) is 10.4 Å². The molecule has 1 aromatic heterocycles. The molecule has 1 heterocycles. The second-order valence-electron chi connectivity index (χ2n) is 3.86. The predicted octanol–water partition coefficient (Wildman–Crippen LogP) is 3.22. The first kappa shape index (κ1) is 12.8. The molecular formula is C14H15NO2S. The van der Waals surface area contributed by atoms with Gasteiger partial charge in [-0.25, -0.2) is 4.98 Å². The fourth-order valence-corrected chi connectivity index (χ4v) is 2.67. The van der Waals surface area contributed by atoms with Gasteiger partial charge in [0.1, 0.15) is 5.01 Å². The Bertz CT molecular complexity index is 534. The SMILES string of the molecule is CCOC(=O)Cc1nc(-c2ccccc2)c(C)s1. The van der Waals surface area contributed by atoms with Crippen molar-refractivity contribution >= 4 is 17.3 Å². The third kappa shape index (κ3) is 2.96. The van der Waals surface area contributed by atoms with Crippen LogP contribution in [0.3, 0.4) is 0 Å². The van der Waals surface area contributed by atoms with E-state index < -0.39 is 0 Å². The molecule has 0 unspecified atom stereocenters. The van der Waals surface area contributed by atoms with E-state index in [2.05, 4.69) is 4.98 Å². The van der Waals surface area contributed by atoms with Crippen LogP contribution in [0.15, 0.2) is 30.3 Å². The number of aryl methyl sites for hydroxylation is 1. The minimum Gasteiger partial charge on any atom is -0.466 e. The summed E-state index contributed by atoms with van der Waals surface area (Å²) in [5.41, 5.74) is 2.04. The maximum atomic E-state index is 11.4. The fraction of sp³-hybridized carbons (Fsp3) is 0.286. The van der Waals surface area contributed by atoms with Crippen LogP contribution in [0.1, 0.15) is 16.8 Å². The van der Waals surface area contributed by atoms with Gasteiger partial charge in [-0.05, 0) is 13.8 Å². The largest absolute Gasteiger partial charge is 0.466 e. The topological polar surface area (TPSA) is 39.2 Å². The predicted molar refractivity (Wildman–Crippen MR) is 72.6 cm³/mol. The molecule has 0 fully saturated rings. The molecule has 3 nitrogen and oxygen atoms in total. The zero-order valence-corrected chi connectivity index (χ0v) is 11.3. The molecule has 0 N–H and O–H groups in total. The van der Waals surface area contributed by atoms with Crippen LogP contribution in [0.5, 0.6) is 0 Å². The van der Waals surface area contributed by atoms with E-state index in [0.29, 0.717) is 6.61 Å². The Hall–Kier alpha value is -1.68. The number of thiazole rings is 1. The van der Waals surface area contributed by atoms with Crippen molar-refractivity contribution in [1.82, 2.24) is 4.98 Å². The van der Waals surface area contributed by atoms with Gasteiger partial charge in [0.2, 0.25) is 0 Å². The molecule has 0 aliphatic carbocycles. The molecule has 0 saturated carbocycles. The normalized spacial score (nSPS) is 10.3. The lowest BCUT2D eigenvalue weighted by Gasteiger charge is -1.98. The van der Waals surface area contributed by atoms with E-state index in [1.54, 1.807) is 18.3 Å². The third-order valence-corrected chi connectivity index (χ3v) is 3.46. The molecule has 18 heavy (non-hydrogen) atoms. The highest BCUT2D eigenvalue weighted by Crippen LogP contribution is 2.27. The zero-order valence-electron chi connectivity index (χ0n) is 10.5. The minimum absolute atomic E-state index is 0.217. The van der Waals surface area contributed by atoms with Crippen LogP contribution in [-0.2, 0) is 16.0 Å². The fourth-order valence-electron chi connectivity index (χ4n) is 1.73. The van der Waals surface area contributed by atoms with Crippen molar-refractivity contribution in [2.24, 2.45) is 0 Å². The van der Waals surface area contributed by atoms with Crippen LogP contribution in [0.25, 0.3) is 11.3 Å². The van der Waals surface area contributed by atoms with Crippen LogP contribution in [0, 0.1) is 6.92 Å². The first-order valence-electron chi connectivity index (χ1n) is 5.88. The molecule has 1 aromatic carbocycles. The Kier molecular flexibility index (Phi) is 4.10. The molecule has 94 valence electrons. The minimum atomic E-state index is -0.217. The van der Waals surface area contributed by atoms with E-state index in [1.807, 2.05) is 37.3 Å². The molecular weight excluding hydrogens is 246 g/mol. The third-order valence-electron chi connectivity index (χ3n) is 2.49. The lowest BCUT2D eigenvalue weighted by molar-refractivity contribution is -0.142. The molecule has 0 radical (unpaired) electrons.